The molecule has 10 heavy (non-hydrogen) atoms. The molecule has 0 atom stereocenters. The minimum atomic E-state index is -1.56. The lowest BCUT2D eigenvalue weighted by atomic mass is 9.83. The molecule has 0 fully saturated rings. The average Bonchev–Trinajstić information content (AvgIpc) is 1.81. The Morgan fingerprint density at radius 3 is 2.20 bits per heavy atom. The molecule has 0 saturated carbocycles. The van der Waals surface area contributed by atoms with Gasteiger partial charge in [-0.2, -0.15) is 0 Å². The Morgan fingerprint density at radius 1 is 1.60 bits per heavy atom. The van der Waals surface area contributed by atoms with Crippen molar-refractivity contribution in [1.29, 1.82) is 0 Å². The predicted octanol–water partition coefficient (Wildman–Crippen LogP) is 0.159. The molecule has 54 valence electrons. The molecule has 3 nitrogen and oxygen atoms in total. The fourth-order valence-electron chi connectivity index (χ4n) is 0.429. The molecule has 2 N–H and O–H groups in total. The van der Waals surface area contributed by atoms with Crippen LogP contribution in [-0.4, -0.2) is 22.8 Å². The maximum Gasteiger partial charge on any atom is 0.508 e. The van der Waals surface area contributed by atoms with E-state index in [-0.39, 0.29) is 5.61 Å². The Hall–Kier alpha value is -0.865. The van der Waals surface area contributed by atoms with Gasteiger partial charge in [0.05, 0.1) is 5.61 Å². The minimum Gasteiger partial charge on any atom is -0.422 e. The Balaban J connectivity index is 4.33. The van der Waals surface area contributed by atoms with Crippen LogP contribution in [0.4, 0.5) is 0 Å². The Morgan fingerprint density at radius 2 is 2.10 bits per heavy atom. The summed E-state index contributed by atoms with van der Waals surface area (Å²) < 4.78 is 0. The molecule has 0 saturated heterocycles. The standard InChI is InChI=1S/C6H10BNO2/c1-4-6(7(9)10)8-5(2)3/h4,9-10H,1-2H2,3H3. The second-order valence-corrected chi connectivity index (χ2v) is 1.85. The molecule has 0 aromatic rings. The number of aliphatic imine (C=N–C) groups is 1. The zero-order valence-electron chi connectivity index (χ0n) is 5.91. The van der Waals surface area contributed by atoms with Gasteiger partial charge in [-0.1, -0.05) is 19.2 Å². The van der Waals surface area contributed by atoms with E-state index in [2.05, 4.69) is 18.2 Å². The molecular weight excluding hydrogens is 129 g/mol. The van der Waals surface area contributed by atoms with Crippen LogP contribution in [0.15, 0.2) is 29.9 Å². The molecule has 0 aliphatic carbocycles. The third-order valence-electron chi connectivity index (χ3n) is 0.794. The Kier molecular flexibility index (Phi) is 3.68. The SMILES string of the molecule is C=CC(=NC(=C)C)B(O)O. The van der Waals surface area contributed by atoms with Crippen molar-refractivity contribution in [2.24, 2.45) is 4.99 Å². The molecule has 0 aromatic carbocycles. The quantitative estimate of drug-likeness (QED) is 0.432. The molecule has 0 aliphatic rings. The molecule has 0 rings (SSSR count). The molecule has 0 aromatic heterocycles. The lowest BCUT2D eigenvalue weighted by Crippen LogP contribution is -2.23. The van der Waals surface area contributed by atoms with E-state index in [9.17, 15) is 0 Å². The summed E-state index contributed by atoms with van der Waals surface area (Å²) in [5.74, 6) is 0. The second-order valence-electron chi connectivity index (χ2n) is 1.85. The van der Waals surface area contributed by atoms with Crippen molar-refractivity contribution >= 4 is 12.7 Å². The molecule has 0 amide bonds. The normalized spacial score (nSPS) is 10.9. The molecule has 0 unspecified atom stereocenters. The van der Waals surface area contributed by atoms with E-state index >= 15 is 0 Å². The first kappa shape index (κ1) is 9.13. The van der Waals surface area contributed by atoms with Gasteiger partial charge in [0.1, 0.15) is 0 Å². The zero-order valence-corrected chi connectivity index (χ0v) is 5.91. The van der Waals surface area contributed by atoms with Crippen LogP contribution < -0.4 is 0 Å². The molecule has 4 heteroatoms. The van der Waals surface area contributed by atoms with Crippen LogP contribution in [-0.2, 0) is 0 Å². The second kappa shape index (κ2) is 4.03. The topological polar surface area (TPSA) is 52.8 Å². The van der Waals surface area contributed by atoms with Gasteiger partial charge >= 0.3 is 7.12 Å². The van der Waals surface area contributed by atoms with Crippen molar-refractivity contribution in [3.05, 3.63) is 24.9 Å². The fraction of sp³-hybridized carbons (Fsp3) is 0.167. The highest BCUT2D eigenvalue weighted by atomic mass is 16.4. The van der Waals surface area contributed by atoms with Crippen LogP contribution in [0.3, 0.4) is 0 Å². The van der Waals surface area contributed by atoms with E-state index in [0.29, 0.717) is 5.70 Å². The van der Waals surface area contributed by atoms with Gasteiger partial charge in [-0.25, -0.2) is 0 Å². The third-order valence-corrected chi connectivity index (χ3v) is 0.794. The summed E-state index contributed by atoms with van der Waals surface area (Å²) in [6, 6.07) is 0. The maximum atomic E-state index is 8.57. The number of nitrogens with zero attached hydrogens (tertiary/aromatic N) is 1. The van der Waals surface area contributed by atoms with Crippen molar-refractivity contribution in [3.63, 3.8) is 0 Å². The molecule has 0 heterocycles. The van der Waals surface area contributed by atoms with Crippen LogP contribution in [0, 0.1) is 0 Å². The van der Waals surface area contributed by atoms with E-state index in [1.165, 1.54) is 6.08 Å². The lowest BCUT2D eigenvalue weighted by Gasteiger charge is -1.96. The van der Waals surface area contributed by atoms with E-state index in [4.69, 9.17) is 10.0 Å². The van der Waals surface area contributed by atoms with Gasteiger partial charge in [0.2, 0.25) is 0 Å². The van der Waals surface area contributed by atoms with Gasteiger partial charge in [0, 0.05) is 5.70 Å². The molecule has 0 bridgehead atoms. The smallest absolute Gasteiger partial charge is 0.422 e. The van der Waals surface area contributed by atoms with Crippen LogP contribution in [0.1, 0.15) is 6.92 Å². The third kappa shape index (κ3) is 3.22. The van der Waals surface area contributed by atoms with Crippen LogP contribution in [0.25, 0.3) is 0 Å². The van der Waals surface area contributed by atoms with Crippen molar-refractivity contribution in [2.45, 2.75) is 6.92 Å². The first-order chi connectivity index (χ1) is 4.57. The zero-order chi connectivity index (χ0) is 8.15. The van der Waals surface area contributed by atoms with Crippen molar-refractivity contribution in [3.8, 4) is 0 Å². The van der Waals surface area contributed by atoms with Gasteiger partial charge in [-0.05, 0) is 6.92 Å². The number of rotatable bonds is 3. The average molecular weight is 139 g/mol. The highest BCUT2D eigenvalue weighted by Crippen LogP contribution is 1.92. The monoisotopic (exact) mass is 139 g/mol. The summed E-state index contributed by atoms with van der Waals surface area (Å²) in [5.41, 5.74) is 0.635. The van der Waals surface area contributed by atoms with Crippen molar-refractivity contribution in [2.75, 3.05) is 0 Å². The highest BCUT2D eigenvalue weighted by molar-refractivity contribution is 6.82. The van der Waals surface area contributed by atoms with Crippen LogP contribution >= 0.6 is 0 Å². The summed E-state index contributed by atoms with van der Waals surface area (Å²) >= 11 is 0. The molecular formula is C6H10BNO2. The van der Waals surface area contributed by atoms with Crippen molar-refractivity contribution < 1.29 is 10.0 Å². The first-order valence-electron chi connectivity index (χ1n) is 2.80. The summed E-state index contributed by atoms with van der Waals surface area (Å²) in [5, 5.41) is 17.1. The fourth-order valence-corrected chi connectivity index (χ4v) is 0.429. The largest absolute Gasteiger partial charge is 0.508 e. The van der Waals surface area contributed by atoms with E-state index in [1.807, 2.05) is 0 Å². The Bertz CT molecular complexity index is 175. The minimum absolute atomic E-state index is 0.118. The Labute approximate surface area is 60.6 Å². The predicted molar refractivity (Wildman–Crippen MR) is 42.6 cm³/mol. The van der Waals surface area contributed by atoms with Gasteiger partial charge in [0.25, 0.3) is 0 Å². The number of allylic oxidation sites excluding steroid dienone is 2. The summed E-state index contributed by atoms with van der Waals surface area (Å²) in [6.07, 6.45) is 1.28. The molecule has 0 aliphatic heterocycles. The van der Waals surface area contributed by atoms with Crippen molar-refractivity contribution in [1.82, 2.24) is 0 Å². The lowest BCUT2D eigenvalue weighted by molar-refractivity contribution is 0.430. The van der Waals surface area contributed by atoms with Crippen LogP contribution in [0.2, 0.25) is 0 Å². The van der Waals surface area contributed by atoms with Gasteiger partial charge in [0.15, 0.2) is 0 Å². The molecule has 0 radical (unpaired) electrons. The highest BCUT2D eigenvalue weighted by Gasteiger charge is 2.12. The van der Waals surface area contributed by atoms with Gasteiger partial charge in [-0.3, -0.25) is 4.99 Å². The maximum absolute atomic E-state index is 8.57. The molecule has 0 spiro atoms. The summed E-state index contributed by atoms with van der Waals surface area (Å²) in [4.78, 5) is 3.70. The van der Waals surface area contributed by atoms with Gasteiger partial charge < -0.3 is 10.0 Å². The van der Waals surface area contributed by atoms with E-state index in [0.717, 1.165) is 0 Å². The van der Waals surface area contributed by atoms with Crippen LogP contribution in [0.5, 0.6) is 0 Å². The van der Waals surface area contributed by atoms with E-state index in [1.54, 1.807) is 6.92 Å². The van der Waals surface area contributed by atoms with Gasteiger partial charge in [-0.15, -0.1) is 0 Å². The van der Waals surface area contributed by atoms with E-state index < -0.39 is 7.12 Å². The summed E-state index contributed by atoms with van der Waals surface area (Å²) in [7, 11) is -1.56. The summed E-state index contributed by atoms with van der Waals surface area (Å²) in [6.45, 7) is 8.47. The first-order valence-corrected chi connectivity index (χ1v) is 2.80. The number of hydrogen-bond donors (Lipinski definition) is 2. The number of hydrogen-bond acceptors (Lipinski definition) is 3.